The van der Waals surface area contributed by atoms with Crippen LogP contribution in [0.15, 0.2) is 35.7 Å². The van der Waals surface area contributed by atoms with Gasteiger partial charge in [-0.2, -0.15) is 0 Å². The standard InChI is InChI=1S/C13H18N4O2S/c1-10-3-4-11(2)13(12(10)14)20(18,19)16-6-8-17-7-5-15-9-17/h3-5,7,9,16H,6,8,14H2,1-2H3. The van der Waals surface area contributed by atoms with Crippen molar-refractivity contribution in [3.8, 4) is 0 Å². The first-order chi connectivity index (χ1) is 9.42. The molecule has 0 unspecified atom stereocenters. The van der Waals surface area contributed by atoms with Crippen molar-refractivity contribution in [3.05, 3.63) is 42.0 Å². The van der Waals surface area contributed by atoms with Gasteiger partial charge in [0.2, 0.25) is 10.0 Å². The number of imidazole rings is 1. The summed E-state index contributed by atoms with van der Waals surface area (Å²) in [6.45, 7) is 4.33. The van der Waals surface area contributed by atoms with Gasteiger partial charge < -0.3 is 10.3 Å². The molecule has 3 N–H and O–H groups in total. The van der Waals surface area contributed by atoms with E-state index < -0.39 is 10.0 Å². The highest BCUT2D eigenvalue weighted by Crippen LogP contribution is 2.25. The van der Waals surface area contributed by atoms with Gasteiger partial charge in [0.05, 0.1) is 12.0 Å². The normalized spacial score (nSPS) is 11.7. The zero-order valence-corrected chi connectivity index (χ0v) is 12.3. The third-order valence-electron chi connectivity index (χ3n) is 3.10. The lowest BCUT2D eigenvalue weighted by Gasteiger charge is -2.13. The Morgan fingerprint density at radius 3 is 2.65 bits per heavy atom. The maximum Gasteiger partial charge on any atom is 0.242 e. The molecule has 0 amide bonds. The minimum Gasteiger partial charge on any atom is -0.397 e. The first-order valence-electron chi connectivity index (χ1n) is 6.23. The number of aryl methyl sites for hydroxylation is 2. The number of nitrogens with zero attached hydrogens (tertiary/aromatic N) is 2. The number of benzene rings is 1. The summed E-state index contributed by atoms with van der Waals surface area (Å²) >= 11 is 0. The highest BCUT2D eigenvalue weighted by molar-refractivity contribution is 7.89. The minimum absolute atomic E-state index is 0.170. The fraction of sp³-hybridized carbons (Fsp3) is 0.308. The van der Waals surface area contributed by atoms with Gasteiger partial charge in [-0.15, -0.1) is 0 Å². The molecule has 0 fully saturated rings. The molecule has 0 radical (unpaired) electrons. The van der Waals surface area contributed by atoms with Gasteiger partial charge in [-0.1, -0.05) is 12.1 Å². The molecule has 0 spiro atoms. The monoisotopic (exact) mass is 294 g/mol. The number of aromatic nitrogens is 2. The maximum atomic E-state index is 12.3. The van der Waals surface area contributed by atoms with E-state index in [4.69, 9.17) is 5.73 Å². The Morgan fingerprint density at radius 2 is 2.00 bits per heavy atom. The Morgan fingerprint density at radius 1 is 1.30 bits per heavy atom. The van der Waals surface area contributed by atoms with E-state index in [1.54, 1.807) is 43.2 Å². The molecule has 1 aromatic heterocycles. The molecule has 20 heavy (non-hydrogen) atoms. The van der Waals surface area contributed by atoms with Crippen LogP contribution in [-0.4, -0.2) is 24.5 Å². The molecule has 0 aliphatic heterocycles. The predicted molar refractivity (Wildman–Crippen MR) is 77.7 cm³/mol. The van der Waals surface area contributed by atoms with Crippen LogP contribution in [0.3, 0.4) is 0 Å². The average molecular weight is 294 g/mol. The molecular formula is C13H18N4O2S. The van der Waals surface area contributed by atoms with Crippen LogP contribution in [0.2, 0.25) is 0 Å². The second-order valence-corrected chi connectivity index (χ2v) is 6.34. The molecule has 0 bridgehead atoms. The summed E-state index contributed by atoms with van der Waals surface area (Å²) in [6.07, 6.45) is 5.07. The Bertz CT molecular complexity index is 693. The lowest BCUT2D eigenvalue weighted by atomic mass is 10.1. The summed E-state index contributed by atoms with van der Waals surface area (Å²) in [5, 5.41) is 0. The zero-order chi connectivity index (χ0) is 14.8. The fourth-order valence-electron chi connectivity index (χ4n) is 1.96. The average Bonchev–Trinajstić information content (AvgIpc) is 2.87. The van der Waals surface area contributed by atoms with Crippen LogP contribution >= 0.6 is 0 Å². The molecule has 0 saturated heterocycles. The van der Waals surface area contributed by atoms with Gasteiger partial charge in [0.1, 0.15) is 4.90 Å². The van der Waals surface area contributed by atoms with Crippen LogP contribution in [0.5, 0.6) is 0 Å². The van der Waals surface area contributed by atoms with E-state index >= 15 is 0 Å². The Hall–Kier alpha value is -1.86. The number of anilines is 1. The molecule has 0 aliphatic carbocycles. The lowest BCUT2D eigenvalue weighted by molar-refractivity contribution is 0.572. The number of hydrogen-bond acceptors (Lipinski definition) is 4. The Labute approximate surface area is 118 Å². The van der Waals surface area contributed by atoms with Crippen molar-refractivity contribution >= 4 is 15.7 Å². The molecule has 0 saturated carbocycles. The van der Waals surface area contributed by atoms with Crippen molar-refractivity contribution in [2.75, 3.05) is 12.3 Å². The molecule has 1 heterocycles. The molecule has 7 heteroatoms. The zero-order valence-electron chi connectivity index (χ0n) is 11.5. The molecule has 0 aliphatic rings. The topological polar surface area (TPSA) is 90.0 Å². The van der Waals surface area contributed by atoms with Crippen LogP contribution in [0, 0.1) is 13.8 Å². The molecule has 2 aromatic rings. The summed E-state index contributed by atoms with van der Waals surface area (Å²) in [7, 11) is -3.61. The fourth-order valence-corrected chi connectivity index (χ4v) is 3.41. The van der Waals surface area contributed by atoms with Gasteiger partial charge in [-0.05, 0) is 25.0 Å². The maximum absolute atomic E-state index is 12.3. The van der Waals surface area contributed by atoms with Crippen molar-refractivity contribution < 1.29 is 8.42 Å². The first-order valence-corrected chi connectivity index (χ1v) is 7.71. The third-order valence-corrected chi connectivity index (χ3v) is 4.76. The number of sulfonamides is 1. The predicted octanol–water partition coefficient (Wildman–Crippen LogP) is 1.06. The van der Waals surface area contributed by atoms with Gasteiger partial charge >= 0.3 is 0 Å². The highest BCUT2D eigenvalue weighted by Gasteiger charge is 2.20. The molecule has 1 aromatic carbocycles. The van der Waals surface area contributed by atoms with E-state index in [2.05, 4.69) is 9.71 Å². The molecular weight excluding hydrogens is 276 g/mol. The third kappa shape index (κ3) is 3.00. The van der Waals surface area contributed by atoms with Gasteiger partial charge in [0.25, 0.3) is 0 Å². The SMILES string of the molecule is Cc1ccc(C)c(S(=O)(=O)NCCn2ccnc2)c1N. The van der Waals surface area contributed by atoms with Crippen molar-refractivity contribution in [1.82, 2.24) is 14.3 Å². The number of nitrogen functional groups attached to an aromatic ring is 1. The molecule has 2 rings (SSSR count). The lowest BCUT2D eigenvalue weighted by Crippen LogP contribution is -2.28. The second-order valence-electron chi connectivity index (χ2n) is 4.64. The number of hydrogen-bond donors (Lipinski definition) is 2. The summed E-state index contributed by atoms with van der Waals surface area (Å²) in [5.41, 5.74) is 7.60. The van der Waals surface area contributed by atoms with Gasteiger partial charge in [-0.25, -0.2) is 18.1 Å². The summed E-state index contributed by atoms with van der Waals surface area (Å²) < 4.78 is 29.0. The van der Waals surface area contributed by atoms with Crippen molar-refractivity contribution in [3.63, 3.8) is 0 Å². The van der Waals surface area contributed by atoms with Crippen LogP contribution in [0.25, 0.3) is 0 Å². The van der Waals surface area contributed by atoms with E-state index in [1.165, 1.54) is 0 Å². The first kappa shape index (κ1) is 14.5. The quantitative estimate of drug-likeness (QED) is 0.807. The van der Waals surface area contributed by atoms with Gasteiger partial charge in [0.15, 0.2) is 0 Å². The van der Waals surface area contributed by atoms with Crippen LogP contribution in [-0.2, 0) is 16.6 Å². The molecule has 6 nitrogen and oxygen atoms in total. The Kier molecular flexibility index (Phi) is 4.10. The molecule has 0 atom stereocenters. The van der Waals surface area contributed by atoms with E-state index in [-0.39, 0.29) is 11.4 Å². The summed E-state index contributed by atoms with van der Waals surface area (Å²) in [6, 6.07) is 3.57. The van der Waals surface area contributed by atoms with Crippen molar-refractivity contribution in [1.29, 1.82) is 0 Å². The van der Waals surface area contributed by atoms with Crippen LogP contribution in [0.1, 0.15) is 11.1 Å². The van der Waals surface area contributed by atoms with E-state index in [0.29, 0.717) is 17.8 Å². The number of rotatable bonds is 5. The van der Waals surface area contributed by atoms with E-state index in [1.807, 2.05) is 6.07 Å². The van der Waals surface area contributed by atoms with Crippen molar-refractivity contribution in [2.45, 2.75) is 25.3 Å². The minimum atomic E-state index is -3.61. The van der Waals surface area contributed by atoms with E-state index in [0.717, 1.165) is 5.56 Å². The number of nitrogens with two attached hydrogens (primary N) is 1. The highest BCUT2D eigenvalue weighted by atomic mass is 32.2. The summed E-state index contributed by atoms with van der Waals surface area (Å²) in [4.78, 5) is 4.07. The molecule has 108 valence electrons. The van der Waals surface area contributed by atoms with E-state index in [9.17, 15) is 8.42 Å². The van der Waals surface area contributed by atoms with Crippen LogP contribution < -0.4 is 10.5 Å². The number of nitrogens with one attached hydrogen (secondary N) is 1. The van der Waals surface area contributed by atoms with Gasteiger partial charge in [-0.3, -0.25) is 0 Å². The van der Waals surface area contributed by atoms with Crippen molar-refractivity contribution in [2.24, 2.45) is 0 Å². The largest absolute Gasteiger partial charge is 0.397 e. The van der Waals surface area contributed by atoms with Gasteiger partial charge in [0, 0.05) is 25.5 Å². The smallest absolute Gasteiger partial charge is 0.242 e. The second kappa shape index (κ2) is 5.64. The van der Waals surface area contributed by atoms with Crippen LogP contribution in [0.4, 0.5) is 5.69 Å². The summed E-state index contributed by atoms with van der Waals surface area (Å²) in [5.74, 6) is 0. The Balaban J connectivity index is 2.16.